The van der Waals surface area contributed by atoms with E-state index < -0.39 is 55.5 Å². The molecule has 1 aromatic rings. The van der Waals surface area contributed by atoms with Crippen LogP contribution in [0.25, 0.3) is 0 Å². The fourth-order valence-corrected chi connectivity index (χ4v) is 2.90. The number of aliphatic carboxylic acids is 4. The average molecular weight is 451 g/mol. The van der Waals surface area contributed by atoms with Crippen LogP contribution in [0.2, 0.25) is 0 Å². The molecule has 0 aromatic heterocycles. The van der Waals surface area contributed by atoms with Crippen LogP contribution in [0.3, 0.4) is 0 Å². The van der Waals surface area contributed by atoms with Crippen molar-refractivity contribution in [1.29, 1.82) is 0 Å². The molecule has 0 aliphatic heterocycles. The highest BCUT2D eigenvalue weighted by Crippen LogP contribution is 2.14. The highest BCUT2D eigenvalue weighted by Gasteiger charge is 2.28. The summed E-state index contributed by atoms with van der Waals surface area (Å²) in [5.41, 5.74) is 1.02. The lowest BCUT2D eigenvalue weighted by atomic mass is 10.0. The molecule has 1 amide bonds. The number of benzene rings is 1. The first-order valence-corrected chi connectivity index (χ1v) is 9.38. The second-order valence-corrected chi connectivity index (χ2v) is 6.81. The normalized spacial score (nSPS) is 11.7. The molecule has 174 valence electrons. The van der Waals surface area contributed by atoms with E-state index in [1.165, 1.54) is 0 Å². The van der Waals surface area contributed by atoms with E-state index in [2.05, 4.69) is 11.9 Å². The van der Waals surface area contributed by atoms with E-state index in [1.807, 2.05) is 0 Å². The van der Waals surface area contributed by atoms with Crippen molar-refractivity contribution in [3.8, 4) is 0 Å². The molecule has 12 nitrogen and oxygen atoms in total. The van der Waals surface area contributed by atoms with Crippen molar-refractivity contribution in [3.05, 3.63) is 42.5 Å². The number of hydrogen-bond acceptors (Lipinski definition) is 7. The van der Waals surface area contributed by atoms with Gasteiger partial charge in [-0.25, -0.2) is 0 Å². The van der Waals surface area contributed by atoms with Crippen LogP contribution in [0, 0.1) is 0 Å². The number of carbonyl (C=O) groups is 5. The maximum atomic E-state index is 11.9. The van der Waals surface area contributed by atoms with Crippen LogP contribution < -0.4 is 5.32 Å². The van der Waals surface area contributed by atoms with Gasteiger partial charge in [0.15, 0.2) is 0 Å². The first-order valence-electron chi connectivity index (χ1n) is 9.38. The van der Waals surface area contributed by atoms with Crippen LogP contribution in [0.5, 0.6) is 0 Å². The van der Waals surface area contributed by atoms with Crippen molar-refractivity contribution in [2.45, 2.75) is 12.5 Å². The summed E-state index contributed by atoms with van der Waals surface area (Å²) in [6, 6.07) is 5.00. The largest absolute Gasteiger partial charge is 0.480 e. The van der Waals surface area contributed by atoms with E-state index in [-0.39, 0.29) is 19.5 Å². The molecule has 1 atom stereocenters. The van der Waals surface area contributed by atoms with Gasteiger partial charge in [-0.15, -0.1) is 0 Å². The molecular weight excluding hydrogens is 426 g/mol. The SMILES string of the molecule is C=CC(=O)Nc1ccc(C[C@@H](C(=O)O)N(CCN(CC(=O)O)CC(=O)O)CC(=O)O)cc1. The summed E-state index contributed by atoms with van der Waals surface area (Å²) in [7, 11) is 0. The summed E-state index contributed by atoms with van der Waals surface area (Å²) in [5, 5.41) is 39.3. The van der Waals surface area contributed by atoms with Gasteiger partial charge in [0.2, 0.25) is 5.91 Å². The molecule has 1 rings (SSSR count). The van der Waals surface area contributed by atoms with Crippen LogP contribution in [0.15, 0.2) is 36.9 Å². The summed E-state index contributed by atoms with van der Waals surface area (Å²) in [5.74, 6) is -5.54. The minimum Gasteiger partial charge on any atom is -0.480 e. The van der Waals surface area contributed by atoms with E-state index in [0.29, 0.717) is 11.3 Å². The lowest BCUT2D eigenvalue weighted by molar-refractivity contribution is -0.148. The molecule has 12 heteroatoms. The Hall–Kier alpha value is -3.77. The van der Waals surface area contributed by atoms with E-state index in [9.17, 15) is 34.2 Å². The first-order chi connectivity index (χ1) is 15.0. The summed E-state index contributed by atoms with van der Waals surface area (Å²) < 4.78 is 0. The highest BCUT2D eigenvalue weighted by molar-refractivity contribution is 5.98. The average Bonchev–Trinajstić information content (AvgIpc) is 2.69. The molecule has 5 N–H and O–H groups in total. The van der Waals surface area contributed by atoms with Gasteiger partial charge in [0.1, 0.15) is 6.04 Å². The number of nitrogens with one attached hydrogen (secondary N) is 1. The molecule has 32 heavy (non-hydrogen) atoms. The van der Waals surface area contributed by atoms with E-state index in [4.69, 9.17) is 10.2 Å². The molecule has 0 aliphatic rings. The van der Waals surface area contributed by atoms with Gasteiger partial charge < -0.3 is 25.7 Å². The van der Waals surface area contributed by atoms with Gasteiger partial charge in [-0.3, -0.25) is 33.8 Å². The number of amides is 1. The zero-order valence-electron chi connectivity index (χ0n) is 17.1. The van der Waals surface area contributed by atoms with Gasteiger partial charge in [0.05, 0.1) is 19.6 Å². The third-order valence-corrected chi connectivity index (χ3v) is 4.32. The Balaban J connectivity index is 2.98. The standard InChI is InChI=1S/C20H25N3O9/c1-2-16(24)21-14-5-3-13(4-6-14)9-15(20(31)32)23(12-19(29)30)8-7-22(10-17(25)26)11-18(27)28/h2-6,15H,1,7-12H2,(H,21,24)(H,25,26)(H,27,28)(H,29,30)(H,31,32)/t15-/m0/s1. The lowest BCUT2D eigenvalue weighted by Gasteiger charge is -2.29. The van der Waals surface area contributed by atoms with Gasteiger partial charge in [-0.2, -0.15) is 0 Å². The number of carboxylic acid groups (broad SMARTS) is 4. The Morgan fingerprint density at radius 2 is 1.41 bits per heavy atom. The van der Waals surface area contributed by atoms with Crippen molar-refractivity contribution in [2.24, 2.45) is 0 Å². The molecule has 0 fully saturated rings. The Labute approximate surface area is 183 Å². The van der Waals surface area contributed by atoms with Crippen molar-refractivity contribution in [3.63, 3.8) is 0 Å². The van der Waals surface area contributed by atoms with Crippen LogP contribution in [-0.4, -0.2) is 98.8 Å². The number of anilines is 1. The van der Waals surface area contributed by atoms with Crippen LogP contribution in [-0.2, 0) is 30.4 Å². The van der Waals surface area contributed by atoms with Gasteiger partial charge in [0.25, 0.3) is 0 Å². The molecule has 1 aromatic carbocycles. The van der Waals surface area contributed by atoms with Crippen LogP contribution in [0.4, 0.5) is 5.69 Å². The molecular formula is C20H25N3O9. The van der Waals surface area contributed by atoms with Crippen molar-refractivity contribution in [1.82, 2.24) is 9.80 Å². The summed E-state index contributed by atoms with van der Waals surface area (Å²) in [4.78, 5) is 58.6. The molecule has 0 spiro atoms. The minimum absolute atomic E-state index is 0.0733. The number of carboxylic acids is 4. The topological polar surface area (TPSA) is 185 Å². The molecule has 0 radical (unpaired) electrons. The quantitative estimate of drug-likeness (QED) is 0.220. The zero-order chi connectivity index (χ0) is 24.3. The van der Waals surface area contributed by atoms with Crippen LogP contribution >= 0.6 is 0 Å². The molecule has 0 heterocycles. The second-order valence-electron chi connectivity index (χ2n) is 6.81. The fraction of sp³-hybridized carbons (Fsp3) is 0.350. The summed E-state index contributed by atoms with van der Waals surface area (Å²) in [6.45, 7) is 1.16. The van der Waals surface area contributed by atoms with Gasteiger partial charge in [-0.05, 0) is 30.2 Å². The van der Waals surface area contributed by atoms with Crippen molar-refractivity contribution in [2.75, 3.05) is 38.0 Å². The van der Waals surface area contributed by atoms with Gasteiger partial charge in [0, 0.05) is 18.8 Å². The van der Waals surface area contributed by atoms with Crippen LogP contribution in [0.1, 0.15) is 5.56 Å². The minimum atomic E-state index is -1.29. The van der Waals surface area contributed by atoms with E-state index >= 15 is 0 Å². The molecule has 0 saturated heterocycles. The van der Waals surface area contributed by atoms with Crippen molar-refractivity contribution >= 4 is 35.5 Å². The van der Waals surface area contributed by atoms with E-state index in [1.54, 1.807) is 24.3 Å². The predicted octanol–water partition coefficient (Wildman–Crippen LogP) is -0.335. The maximum absolute atomic E-state index is 11.9. The molecule has 0 aliphatic carbocycles. The van der Waals surface area contributed by atoms with Gasteiger partial charge >= 0.3 is 23.9 Å². The highest BCUT2D eigenvalue weighted by atomic mass is 16.4. The summed E-state index contributed by atoms with van der Waals surface area (Å²) in [6.07, 6.45) is 1.02. The number of carbonyl (C=O) groups excluding carboxylic acids is 1. The Morgan fingerprint density at radius 1 is 0.875 bits per heavy atom. The monoisotopic (exact) mass is 451 g/mol. The second kappa shape index (κ2) is 12.8. The van der Waals surface area contributed by atoms with Gasteiger partial charge in [-0.1, -0.05) is 18.7 Å². The lowest BCUT2D eigenvalue weighted by Crippen LogP contribution is -2.49. The number of hydrogen-bond donors (Lipinski definition) is 5. The Bertz CT molecular complexity index is 838. The smallest absolute Gasteiger partial charge is 0.321 e. The Morgan fingerprint density at radius 3 is 1.84 bits per heavy atom. The third-order valence-electron chi connectivity index (χ3n) is 4.32. The maximum Gasteiger partial charge on any atom is 0.321 e. The molecule has 0 unspecified atom stereocenters. The first kappa shape index (κ1) is 26.3. The Kier molecular flexibility index (Phi) is 10.5. The molecule has 0 saturated carbocycles. The number of nitrogens with zero attached hydrogens (tertiary/aromatic N) is 2. The predicted molar refractivity (Wildman–Crippen MR) is 111 cm³/mol. The number of rotatable bonds is 15. The van der Waals surface area contributed by atoms with Crippen molar-refractivity contribution < 1.29 is 44.4 Å². The fourth-order valence-electron chi connectivity index (χ4n) is 2.90. The molecule has 0 bridgehead atoms. The van der Waals surface area contributed by atoms with E-state index in [0.717, 1.165) is 15.9 Å². The third kappa shape index (κ3) is 9.82. The zero-order valence-corrected chi connectivity index (χ0v) is 17.1. The summed E-state index contributed by atoms with van der Waals surface area (Å²) >= 11 is 0.